The number of nitrogens with zero attached hydrogens (tertiary/aromatic N) is 2. The van der Waals surface area contributed by atoms with Crippen LogP contribution in [-0.4, -0.2) is 11.4 Å². The molecule has 0 radical (unpaired) electrons. The summed E-state index contributed by atoms with van der Waals surface area (Å²) in [6, 6.07) is 10.9. The van der Waals surface area contributed by atoms with Crippen molar-refractivity contribution in [2.24, 2.45) is 5.16 Å². The van der Waals surface area contributed by atoms with E-state index in [1.807, 2.05) is 12.1 Å². The van der Waals surface area contributed by atoms with Gasteiger partial charge in [-0.3, -0.25) is 0 Å². The van der Waals surface area contributed by atoms with Crippen molar-refractivity contribution in [3.05, 3.63) is 68.4 Å². The Bertz CT molecular complexity index is 1100. The third kappa shape index (κ3) is 3.78. The lowest BCUT2D eigenvalue weighted by molar-refractivity contribution is 0.0858. The van der Waals surface area contributed by atoms with E-state index in [0.717, 1.165) is 29.7 Å². The van der Waals surface area contributed by atoms with Crippen LogP contribution in [0.3, 0.4) is 0 Å². The van der Waals surface area contributed by atoms with Crippen LogP contribution in [0.1, 0.15) is 48.2 Å². The van der Waals surface area contributed by atoms with E-state index in [1.54, 1.807) is 30.5 Å². The van der Waals surface area contributed by atoms with Crippen LogP contribution >= 0.6 is 34.8 Å². The van der Waals surface area contributed by atoms with Gasteiger partial charge in [0.2, 0.25) is 0 Å². The van der Waals surface area contributed by atoms with Crippen molar-refractivity contribution >= 4 is 41.0 Å². The molecule has 30 heavy (non-hydrogen) atoms. The summed E-state index contributed by atoms with van der Waals surface area (Å²) in [5, 5.41) is 9.70. The van der Waals surface area contributed by atoms with Gasteiger partial charge in [-0.15, -0.1) is 0 Å². The molecule has 2 heterocycles. The first kappa shape index (κ1) is 19.7. The summed E-state index contributed by atoms with van der Waals surface area (Å²) in [4.78, 5) is 5.31. The molecular weight excluding hydrogens is 447 g/mol. The molecule has 1 unspecified atom stereocenters. The van der Waals surface area contributed by atoms with Crippen molar-refractivity contribution in [1.29, 1.82) is 0 Å². The summed E-state index contributed by atoms with van der Waals surface area (Å²) >= 11 is 19.3. The second kappa shape index (κ2) is 8.14. The molecule has 1 atom stereocenters. The minimum atomic E-state index is -0.153. The van der Waals surface area contributed by atoms with Crippen molar-refractivity contribution in [3.63, 3.8) is 0 Å². The molecule has 8 heteroatoms. The maximum Gasteiger partial charge on any atom is 0.159 e. The molecule has 1 aliphatic heterocycles. The average Bonchev–Trinajstić information content (AvgIpc) is 3.26. The van der Waals surface area contributed by atoms with Crippen LogP contribution in [0.15, 0.2) is 46.1 Å². The van der Waals surface area contributed by atoms with Gasteiger partial charge < -0.3 is 14.1 Å². The molecule has 2 aliphatic rings. The van der Waals surface area contributed by atoms with Gasteiger partial charge in [0.25, 0.3) is 0 Å². The molecule has 1 aliphatic carbocycles. The lowest BCUT2D eigenvalue weighted by Crippen LogP contribution is -2.01. The van der Waals surface area contributed by atoms with Crippen molar-refractivity contribution in [1.82, 2.24) is 5.16 Å². The van der Waals surface area contributed by atoms with E-state index in [4.69, 9.17) is 48.9 Å². The van der Waals surface area contributed by atoms with Crippen LogP contribution in [-0.2, 0) is 11.4 Å². The predicted octanol–water partition coefficient (Wildman–Crippen LogP) is 7.21. The molecule has 0 bridgehead atoms. The summed E-state index contributed by atoms with van der Waals surface area (Å²) in [7, 11) is 0. The Balaban J connectivity index is 1.42. The van der Waals surface area contributed by atoms with Crippen LogP contribution in [0.25, 0.3) is 11.3 Å². The van der Waals surface area contributed by atoms with Crippen molar-refractivity contribution in [2.75, 3.05) is 0 Å². The summed E-state index contributed by atoms with van der Waals surface area (Å²) in [5.41, 5.74) is 3.02. The Labute approximate surface area is 188 Å². The molecule has 0 N–H and O–H groups in total. The van der Waals surface area contributed by atoms with E-state index in [9.17, 15) is 0 Å². The highest BCUT2D eigenvalue weighted by molar-refractivity contribution is 6.39. The van der Waals surface area contributed by atoms with Gasteiger partial charge >= 0.3 is 0 Å². The first-order chi connectivity index (χ1) is 14.6. The van der Waals surface area contributed by atoms with Gasteiger partial charge in [0.05, 0.1) is 20.6 Å². The maximum atomic E-state index is 6.45. The van der Waals surface area contributed by atoms with E-state index in [1.165, 1.54) is 0 Å². The molecule has 1 fully saturated rings. The number of hydrogen-bond donors (Lipinski definition) is 0. The molecule has 2 aromatic carbocycles. The molecule has 154 valence electrons. The average molecular weight is 464 g/mol. The fourth-order valence-electron chi connectivity index (χ4n) is 3.54. The number of oxime groups is 1. The van der Waals surface area contributed by atoms with E-state index >= 15 is 0 Å². The zero-order valence-electron chi connectivity index (χ0n) is 15.8. The molecular formula is C22H17Cl3N2O3. The van der Waals surface area contributed by atoms with Crippen LogP contribution in [0.5, 0.6) is 5.75 Å². The zero-order valence-corrected chi connectivity index (χ0v) is 18.0. The highest BCUT2D eigenvalue weighted by atomic mass is 35.5. The van der Waals surface area contributed by atoms with Crippen LogP contribution < -0.4 is 4.74 Å². The van der Waals surface area contributed by atoms with Crippen LogP contribution in [0, 0.1) is 0 Å². The van der Waals surface area contributed by atoms with Gasteiger partial charge in [-0.05, 0) is 37.1 Å². The standard InChI is InChI=1S/C22H17Cl3N2O3/c23-16-2-1-3-17(24)20(16)21-15(22(30-27-21)12-4-5-12)11-28-13-6-7-14(18(25)10-13)19-8-9-26-29-19/h1-3,6-7,9-10,12,19H,4-5,8,11H2. The summed E-state index contributed by atoms with van der Waals surface area (Å²) in [6.07, 6.45) is 4.43. The Morgan fingerprint density at radius 1 is 1.03 bits per heavy atom. The second-order valence-electron chi connectivity index (χ2n) is 7.33. The Hall–Kier alpha value is -2.21. The van der Waals surface area contributed by atoms with Crippen LogP contribution in [0.4, 0.5) is 0 Å². The van der Waals surface area contributed by atoms with Gasteiger partial charge in [0.15, 0.2) is 6.10 Å². The zero-order chi connectivity index (χ0) is 20.7. The molecule has 1 saturated carbocycles. The van der Waals surface area contributed by atoms with E-state index in [-0.39, 0.29) is 12.7 Å². The lowest BCUT2D eigenvalue weighted by atomic mass is 10.0. The van der Waals surface area contributed by atoms with Crippen molar-refractivity contribution in [3.8, 4) is 17.0 Å². The molecule has 5 rings (SSSR count). The van der Waals surface area contributed by atoms with E-state index in [0.29, 0.717) is 44.4 Å². The number of halogens is 3. The van der Waals surface area contributed by atoms with Crippen LogP contribution in [0.2, 0.25) is 15.1 Å². The van der Waals surface area contributed by atoms with Gasteiger partial charge in [-0.2, -0.15) is 0 Å². The number of aromatic nitrogens is 1. The maximum absolute atomic E-state index is 6.45. The van der Waals surface area contributed by atoms with Gasteiger partial charge in [-0.25, -0.2) is 0 Å². The SMILES string of the molecule is Clc1cc(OCc2c(-c3c(Cl)cccc3Cl)noc2C2CC2)ccc1C1CC=NO1. The number of benzene rings is 2. The minimum Gasteiger partial charge on any atom is -0.489 e. The number of ether oxygens (including phenoxy) is 1. The molecule has 0 amide bonds. The van der Waals surface area contributed by atoms with E-state index in [2.05, 4.69) is 10.3 Å². The normalized spacial score (nSPS) is 17.9. The lowest BCUT2D eigenvalue weighted by Gasteiger charge is -2.13. The monoisotopic (exact) mass is 462 g/mol. The molecule has 0 saturated heterocycles. The van der Waals surface area contributed by atoms with Crippen molar-refractivity contribution < 1.29 is 14.1 Å². The van der Waals surface area contributed by atoms with Gasteiger partial charge in [0.1, 0.15) is 23.8 Å². The summed E-state index contributed by atoms with van der Waals surface area (Å²) < 4.78 is 11.7. The minimum absolute atomic E-state index is 0.153. The fourth-order valence-corrected chi connectivity index (χ4v) is 4.41. The Kier molecular flexibility index (Phi) is 5.35. The summed E-state index contributed by atoms with van der Waals surface area (Å²) in [5.74, 6) is 1.83. The van der Waals surface area contributed by atoms with E-state index < -0.39 is 0 Å². The molecule has 1 aromatic heterocycles. The number of hydrogen-bond acceptors (Lipinski definition) is 5. The smallest absolute Gasteiger partial charge is 0.159 e. The molecule has 5 nitrogen and oxygen atoms in total. The fraction of sp³-hybridized carbons (Fsp3) is 0.273. The topological polar surface area (TPSA) is 56.9 Å². The Morgan fingerprint density at radius 2 is 1.83 bits per heavy atom. The van der Waals surface area contributed by atoms with Gasteiger partial charge in [-0.1, -0.05) is 57.2 Å². The quantitative estimate of drug-likeness (QED) is 0.388. The third-order valence-corrected chi connectivity index (χ3v) is 6.21. The third-order valence-electron chi connectivity index (χ3n) is 5.25. The number of rotatable bonds is 6. The first-order valence-electron chi connectivity index (χ1n) is 9.64. The van der Waals surface area contributed by atoms with Crippen molar-refractivity contribution in [2.45, 2.75) is 37.9 Å². The molecule has 3 aromatic rings. The Morgan fingerprint density at radius 3 is 2.50 bits per heavy atom. The predicted molar refractivity (Wildman–Crippen MR) is 117 cm³/mol. The van der Waals surface area contributed by atoms with Gasteiger partial charge in [0, 0.05) is 29.7 Å². The first-order valence-corrected chi connectivity index (χ1v) is 10.8. The summed E-state index contributed by atoms with van der Waals surface area (Å²) in [6.45, 7) is 0.269. The second-order valence-corrected chi connectivity index (χ2v) is 8.56. The molecule has 0 spiro atoms. The largest absolute Gasteiger partial charge is 0.489 e. The highest BCUT2D eigenvalue weighted by Gasteiger charge is 2.33. The highest BCUT2D eigenvalue weighted by Crippen LogP contribution is 2.46.